The van der Waals surface area contributed by atoms with Crippen molar-refractivity contribution in [3.8, 4) is 0 Å². The molecular weight excluding hydrogens is 398 g/mol. The van der Waals surface area contributed by atoms with Gasteiger partial charge in [0.2, 0.25) is 5.91 Å². The van der Waals surface area contributed by atoms with Crippen molar-refractivity contribution in [2.24, 2.45) is 0 Å². The summed E-state index contributed by atoms with van der Waals surface area (Å²) < 4.78 is 5.26. The Labute approximate surface area is 198 Å². The molecule has 1 atom stereocenters. The number of hydrogen-bond acceptors (Lipinski definition) is 3. The van der Waals surface area contributed by atoms with Crippen molar-refractivity contribution in [3.05, 3.63) is 12.2 Å². The van der Waals surface area contributed by atoms with Crippen molar-refractivity contribution < 1.29 is 14.3 Å². The zero-order valence-corrected chi connectivity index (χ0v) is 21.0. The molecular formula is C28H51NO3. The molecule has 1 fully saturated rings. The Kier molecular flexibility index (Phi) is 19.3. The van der Waals surface area contributed by atoms with Crippen molar-refractivity contribution in [2.45, 2.75) is 148 Å². The standard InChI is InChI=1S/C28H51NO3/c1-2-3-4-5-6-7-8-9-10-11-12-13-14-15-16-17-18-19-20-21-22-25-32-28(31)26-23-24-27(30)29-26/h5-6,26H,2-4,7-25H2,1H3,(H,29,30)/b6-5+/t26-/m0/s1. The van der Waals surface area contributed by atoms with Crippen LogP contribution in [-0.2, 0) is 14.3 Å². The zero-order chi connectivity index (χ0) is 23.1. The average molecular weight is 450 g/mol. The number of hydrogen-bond donors (Lipinski definition) is 1. The molecule has 32 heavy (non-hydrogen) atoms. The van der Waals surface area contributed by atoms with Gasteiger partial charge in [0.25, 0.3) is 0 Å². The molecule has 1 amide bonds. The molecule has 0 aromatic rings. The number of unbranched alkanes of at least 4 members (excludes halogenated alkanes) is 17. The highest BCUT2D eigenvalue weighted by Gasteiger charge is 2.28. The van der Waals surface area contributed by atoms with Crippen LogP contribution in [-0.4, -0.2) is 24.5 Å². The van der Waals surface area contributed by atoms with Crippen molar-refractivity contribution in [1.82, 2.24) is 5.32 Å². The quantitative estimate of drug-likeness (QED) is 0.104. The number of nitrogens with one attached hydrogen (secondary N) is 1. The molecule has 4 nitrogen and oxygen atoms in total. The van der Waals surface area contributed by atoms with E-state index in [1.165, 1.54) is 109 Å². The van der Waals surface area contributed by atoms with Crippen LogP contribution in [0.2, 0.25) is 0 Å². The first-order chi connectivity index (χ1) is 15.7. The monoisotopic (exact) mass is 449 g/mol. The summed E-state index contributed by atoms with van der Waals surface area (Å²) in [4.78, 5) is 22.9. The molecule has 186 valence electrons. The summed E-state index contributed by atoms with van der Waals surface area (Å²) in [5, 5.41) is 2.65. The van der Waals surface area contributed by atoms with Crippen molar-refractivity contribution >= 4 is 11.9 Å². The van der Waals surface area contributed by atoms with Crippen LogP contribution < -0.4 is 5.32 Å². The van der Waals surface area contributed by atoms with E-state index in [1.807, 2.05) is 0 Å². The molecule has 1 N–H and O–H groups in total. The largest absolute Gasteiger partial charge is 0.464 e. The molecule has 0 radical (unpaired) electrons. The lowest BCUT2D eigenvalue weighted by molar-refractivity contribution is -0.146. The number of carbonyl (C=O) groups is 2. The third-order valence-corrected chi connectivity index (χ3v) is 6.43. The lowest BCUT2D eigenvalue weighted by Crippen LogP contribution is -2.34. The third kappa shape index (κ3) is 17.3. The molecule has 1 saturated heterocycles. The van der Waals surface area contributed by atoms with Gasteiger partial charge in [-0.2, -0.15) is 0 Å². The van der Waals surface area contributed by atoms with E-state index in [9.17, 15) is 9.59 Å². The molecule has 1 heterocycles. The predicted molar refractivity (Wildman–Crippen MR) is 135 cm³/mol. The second-order valence-corrected chi connectivity index (χ2v) is 9.53. The van der Waals surface area contributed by atoms with Gasteiger partial charge in [-0.1, -0.05) is 115 Å². The maximum Gasteiger partial charge on any atom is 0.328 e. The minimum Gasteiger partial charge on any atom is -0.464 e. The summed E-state index contributed by atoms with van der Waals surface area (Å²) in [5.41, 5.74) is 0. The Bertz CT molecular complexity index is 489. The van der Waals surface area contributed by atoms with Gasteiger partial charge >= 0.3 is 5.97 Å². The number of allylic oxidation sites excluding steroid dienone is 2. The predicted octanol–water partition coefficient (Wildman–Crippen LogP) is 7.80. The first-order valence-corrected chi connectivity index (χ1v) is 13.8. The van der Waals surface area contributed by atoms with Gasteiger partial charge in [0.05, 0.1) is 6.61 Å². The number of rotatable bonds is 22. The topological polar surface area (TPSA) is 55.4 Å². The zero-order valence-electron chi connectivity index (χ0n) is 21.0. The molecule has 0 unspecified atom stereocenters. The summed E-state index contributed by atoms with van der Waals surface area (Å²) in [6.45, 7) is 2.74. The van der Waals surface area contributed by atoms with Gasteiger partial charge in [-0.25, -0.2) is 4.79 Å². The van der Waals surface area contributed by atoms with Gasteiger partial charge in [0.15, 0.2) is 0 Å². The highest BCUT2D eigenvalue weighted by Crippen LogP contribution is 2.14. The van der Waals surface area contributed by atoms with Gasteiger partial charge in [0.1, 0.15) is 6.04 Å². The molecule has 1 aliphatic heterocycles. The lowest BCUT2D eigenvalue weighted by atomic mass is 10.0. The summed E-state index contributed by atoms with van der Waals surface area (Å²) in [6, 6.07) is -0.407. The van der Waals surface area contributed by atoms with Crippen LogP contribution in [0.4, 0.5) is 0 Å². The first-order valence-electron chi connectivity index (χ1n) is 13.8. The molecule has 0 aromatic heterocycles. The van der Waals surface area contributed by atoms with E-state index in [-0.39, 0.29) is 11.9 Å². The number of amides is 1. The van der Waals surface area contributed by atoms with Crippen LogP contribution in [0.3, 0.4) is 0 Å². The van der Waals surface area contributed by atoms with Gasteiger partial charge in [-0.15, -0.1) is 0 Å². The van der Waals surface area contributed by atoms with Crippen molar-refractivity contribution in [3.63, 3.8) is 0 Å². The molecule has 1 aliphatic rings. The fourth-order valence-electron chi connectivity index (χ4n) is 4.28. The third-order valence-electron chi connectivity index (χ3n) is 6.43. The van der Waals surface area contributed by atoms with E-state index in [1.54, 1.807) is 0 Å². The second-order valence-electron chi connectivity index (χ2n) is 9.53. The van der Waals surface area contributed by atoms with E-state index < -0.39 is 6.04 Å². The van der Waals surface area contributed by atoms with Crippen LogP contribution in [0.5, 0.6) is 0 Å². The smallest absolute Gasteiger partial charge is 0.328 e. The second kappa shape index (κ2) is 21.5. The van der Waals surface area contributed by atoms with Crippen LogP contribution in [0, 0.1) is 0 Å². The maximum atomic E-state index is 11.8. The summed E-state index contributed by atoms with van der Waals surface area (Å²) >= 11 is 0. The normalized spacial score (nSPS) is 16.0. The Morgan fingerprint density at radius 2 is 1.25 bits per heavy atom. The first kappa shape index (κ1) is 28.7. The van der Waals surface area contributed by atoms with E-state index in [4.69, 9.17) is 4.74 Å². The Morgan fingerprint density at radius 3 is 1.72 bits per heavy atom. The summed E-state index contributed by atoms with van der Waals surface area (Å²) in [7, 11) is 0. The van der Waals surface area contributed by atoms with Crippen molar-refractivity contribution in [2.75, 3.05) is 6.61 Å². The minimum absolute atomic E-state index is 0.0425. The van der Waals surface area contributed by atoms with Crippen LogP contribution in [0.25, 0.3) is 0 Å². The van der Waals surface area contributed by atoms with Gasteiger partial charge in [-0.05, 0) is 32.1 Å². The maximum absolute atomic E-state index is 11.8. The number of ether oxygens (including phenoxy) is 1. The number of carbonyl (C=O) groups excluding carboxylic acids is 2. The Balaban J connectivity index is 1.69. The summed E-state index contributed by atoms with van der Waals surface area (Å²) in [6.07, 6.45) is 30.9. The lowest BCUT2D eigenvalue weighted by Gasteiger charge is -2.09. The van der Waals surface area contributed by atoms with E-state index in [0.717, 1.165) is 12.8 Å². The molecule has 0 aliphatic carbocycles. The molecule has 0 bridgehead atoms. The molecule has 1 rings (SSSR count). The van der Waals surface area contributed by atoms with Crippen molar-refractivity contribution in [1.29, 1.82) is 0 Å². The molecule has 0 aromatic carbocycles. The SMILES string of the molecule is CCCC/C=C/CCCCCCCCCCCCCCCCCOC(=O)[C@@H]1CCC(=O)N1. The average Bonchev–Trinajstić information content (AvgIpc) is 3.23. The minimum atomic E-state index is -0.407. The summed E-state index contributed by atoms with van der Waals surface area (Å²) in [5.74, 6) is -0.305. The molecule has 0 spiro atoms. The molecule has 4 heteroatoms. The van der Waals surface area contributed by atoms with Crippen LogP contribution >= 0.6 is 0 Å². The van der Waals surface area contributed by atoms with E-state index >= 15 is 0 Å². The highest BCUT2D eigenvalue weighted by molar-refractivity contribution is 5.87. The van der Waals surface area contributed by atoms with E-state index in [0.29, 0.717) is 19.4 Å². The fraction of sp³-hybridized carbons (Fsp3) is 0.857. The van der Waals surface area contributed by atoms with Gasteiger partial charge in [-0.3, -0.25) is 4.79 Å². The van der Waals surface area contributed by atoms with Crippen LogP contribution in [0.15, 0.2) is 12.2 Å². The highest BCUT2D eigenvalue weighted by atomic mass is 16.5. The number of esters is 1. The van der Waals surface area contributed by atoms with Gasteiger partial charge in [0, 0.05) is 6.42 Å². The fourth-order valence-corrected chi connectivity index (χ4v) is 4.28. The Hall–Kier alpha value is -1.32. The van der Waals surface area contributed by atoms with Crippen LogP contribution in [0.1, 0.15) is 142 Å². The Morgan fingerprint density at radius 1 is 0.781 bits per heavy atom. The van der Waals surface area contributed by atoms with E-state index in [2.05, 4.69) is 24.4 Å². The molecule has 0 saturated carbocycles. The van der Waals surface area contributed by atoms with Gasteiger partial charge < -0.3 is 10.1 Å².